The molecule has 1 fully saturated rings. The number of imidazole rings is 1. The second-order valence-corrected chi connectivity index (χ2v) is 7.10. The van der Waals surface area contributed by atoms with E-state index in [2.05, 4.69) is 4.98 Å². The molecule has 0 atom stereocenters. The maximum Gasteiger partial charge on any atom is 0.410 e. The molecule has 0 saturated carbocycles. The van der Waals surface area contributed by atoms with Crippen molar-refractivity contribution in [2.75, 3.05) is 20.2 Å². The Morgan fingerprint density at radius 1 is 1.18 bits per heavy atom. The van der Waals surface area contributed by atoms with Gasteiger partial charge in [-0.2, -0.15) is 0 Å². The molecule has 1 saturated heterocycles. The van der Waals surface area contributed by atoms with Gasteiger partial charge < -0.3 is 19.3 Å². The minimum absolute atomic E-state index is 0.0512. The summed E-state index contributed by atoms with van der Waals surface area (Å²) in [4.78, 5) is 33.0. The van der Waals surface area contributed by atoms with Crippen molar-refractivity contribution in [2.24, 2.45) is 0 Å². The van der Waals surface area contributed by atoms with Crippen LogP contribution in [0.2, 0.25) is 0 Å². The number of ether oxygens (including phenoxy) is 2. The van der Waals surface area contributed by atoms with Crippen molar-refractivity contribution in [2.45, 2.75) is 38.6 Å². The quantitative estimate of drug-likeness (QED) is 0.792. The highest BCUT2D eigenvalue weighted by Crippen LogP contribution is 2.26. The van der Waals surface area contributed by atoms with Gasteiger partial charge in [-0.1, -0.05) is 30.3 Å². The summed E-state index contributed by atoms with van der Waals surface area (Å²) in [6.45, 7) is 2.30. The van der Waals surface area contributed by atoms with E-state index < -0.39 is 0 Å². The molecule has 148 valence electrons. The van der Waals surface area contributed by atoms with Gasteiger partial charge in [-0.25, -0.2) is 19.1 Å². The van der Waals surface area contributed by atoms with Gasteiger partial charge in [-0.3, -0.25) is 0 Å². The van der Waals surface area contributed by atoms with Crippen LogP contribution in [0.5, 0.6) is 0 Å². The number of rotatable bonds is 5. The molecule has 3 heterocycles. The van der Waals surface area contributed by atoms with E-state index in [9.17, 15) is 9.59 Å². The fourth-order valence-electron chi connectivity index (χ4n) is 3.83. The first-order chi connectivity index (χ1) is 13.7. The van der Waals surface area contributed by atoms with Crippen LogP contribution in [-0.4, -0.2) is 57.7 Å². The Morgan fingerprint density at radius 2 is 1.93 bits per heavy atom. The number of piperidine rings is 1. The molecule has 1 aromatic heterocycles. The summed E-state index contributed by atoms with van der Waals surface area (Å²) in [5.41, 5.74) is 1.86. The molecule has 2 amide bonds. The van der Waals surface area contributed by atoms with Crippen LogP contribution in [0.3, 0.4) is 0 Å². The zero-order chi connectivity index (χ0) is 19.5. The summed E-state index contributed by atoms with van der Waals surface area (Å²) in [6, 6.07) is 9.70. The summed E-state index contributed by atoms with van der Waals surface area (Å²) >= 11 is 0. The van der Waals surface area contributed by atoms with Crippen LogP contribution in [0.1, 0.15) is 29.9 Å². The third-order valence-corrected chi connectivity index (χ3v) is 5.32. The first-order valence-corrected chi connectivity index (χ1v) is 9.48. The fraction of sp³-hybridized carbons (Fsp3) is 0.450. The first-order valence-electron chi connectivity index (χ1n) is 9.48. The molecule has 0 radical (unpaired) electrons. The van der Waals surface area contributed by atoms with E-state index in [4.69, 9.17) is 9.47 Å². The standard InChI is InChI=1S/C20H24N4O4/c1-27-14-18-21-11-17-12-23(19(25)24(17)18)16-7-9-22(10-8-16)20(26)28-13-15-5-3-2-4-6-15/h2-6,11,16H,7-10,12-14H2,1H3. The van der Waals surface area contributed by atoms with Gasteiger partial charge in [0.1, 0.15) is 19.0 Å². The van der Waals surface area contributed by atoms with E-state index >= 15 is 0 Å². The molecular weight excluding hydrogens is 360 g/mol. The molecule has 2 aliphatic heterocycles. The monoisotopic (exact) mass is 384 g/mol. The maximum absolute atomic E-state index is 12.8. The predicted octanol–water partition coefficient (Wildman–Crippen LogP) is 2.61. The summed E-state index contributed by atoms with van der Waals surface area (Å²) in [5, 5.41) is 0. The van der Waals surface area contributed by atoms with Crippen LogP contribution < -0.4 is 0 Å². The van der Waals surface area contributed by atoms with E-state index in [1.54, 1.807) is 22.8 Å². The topological polar surface area (TPSA) is 76.9 Å². The molecule has 2 aliphatic rings. The number of hydrogen-bond donors (Lipinski definition) is 0. The lowest BCUT2D eigenvalue weighted by molar-refractivity contribution is 0.0747. The van der Waals surface area contributed by atoms with Gasteiger partial charge in [0.05, 0.1) is 18.4 Å². The summed E-state index contributed by atoms with van der Waals surface area (Å²) < 4.78 is 12.2. The second-order valence-electron chi connectivity index (χ2n) is 7.10. The Balaban J connectivity index is 1.30. The predicted molar refractivity (Wildman–Crippen MR) is 100 cm³/mol. The molecule has 8 heteroatoms. The normalized spacial score (nSPS) is 17.1. The summed E-state index contributed by atoms with van der Waals surface area (Å²) in [6.07, 6.45) is 2.92. The Kier molecular flexibility index (Phi) is 5.29. The number of carbonyl (C=O) groups excluding carboxylic acids is 2. The number of amides is 2. The Morgan fingerprint density at radius 3 is 2.64 bits per heavy atom. The van der Waals surface area contributed by atoms with Gasteiger partial charge in [0.15, 0.2) is 0 Å². The van der Waals surface area contributed by atoms with Gasteiger partial charge in [0, 0.05) is 26.2 Å². The summed E-state index contributed by atoms with van der Waals surface area (Å²) in [7, 11) is 1.59. The van der Waals surface area contributed by atoms with Crippen LogP contribution in [0.25, 0.3) is 0 Å². The van der Waals surface area contributed by atoms with E-state index in [0.29, 0.717) is 32.1 Å². The van der Waals surface area contributed by atoms with Crippen molar-refractivity contribution in [3.63, 3.8) is 0 Å². The number of aromatic nitrogens is 2. The molecule has 0 spiro atoms. The molecule has 1 aromatic carbocycles. The molecule has 28 heavy (non-hydrogen) atoms. The van der Waals surface area contributed by atoms with Gasteiger partial charge in [-0.15, -0.1) is 0 Å². The van der Waals surface area contributed by atoms with Gasteiger partial charge in [-0.05, 0) is 18.4 Å². The van der Waals surface area contributed by atoms with E-state index in [1.807, 2.05) is 35.2 Å². The lowest BCUT2D eigenvalue weighted by Crippen LogP contribution is -2.47. The van der Waals surface area contributed by atoms with Crippen molar-refractivity contribution >= 4 is 12.1 Å². The number of hydrogen-bond acceptors (Lipinski definition) is 5. The minimum Gasteiger partial charge on any atom is -0.445 e. The van der Waals surface area contributed by atoms with Crippen molar-refractivity contribution in [1.29, 1.82) is 0 Å². The third-order valence-electron chi connectivity index (χ3n) is 5.32. The highest BCUT2D eigenvalue weighted by molar-refractivity contribution is 5.81. The van der Waals surface area contributed by atoms with Gasteiger partial charge >= 0.3 is 12.1 Å². The Hall–Kier alpha value is -2.87. The van der Waals surface area contributed by atoms with Gasteiger partial charge in [0.2, 0.25) is 0 Å². The molecule has 4 rings (SSSR count). The van der Waals surface area contributed by atoms with Crippen molar-refractivity contribution in [1.82, 2.24) is 19.4 Å². The molecule has 0 bridgehead atoms. The zero-order valence-corrected chi connectivity index (χ0v) is 15.9. The average molecular weight is 384 g/mol. The van der Waals surface area contributed by atoms with Crippen LogP contribution >= 0.6 is 0 Å². The van der Waals surface area contributed by atoms with Crippen LogP contribution in [0.15, 0.2) is 36.5 Å². The van der Waals surface area contributed by atoms with Crippen LogP contribution in [-0.2, 0) is 29.2 Å². The number of methoxy groups -OCH3 is 1. The van der Waals surface area contributed by atoms with Crippen molar-refractivity contribution < 1.29 is 19.1 Å². The number of benzene rings is 1. The largest absolute Gasteiger partial charge is 0.445 e. The second kappa shape index (κ2) is 8.02. The van der Waals surface area contributed by atoms with Crippen molar-refractivity contribution in [3.8, 4) is 0 Å². The lowest BCUT2D eigenvalue weighted by atomic mass is 10.0. The maximum atomic E-state index is 12.8. The minimum atomic E-state index is -0.298. The smallest absolute Gasteiger partial charge is 0.410 e. The molecule has 0 N–H and O–H groups in total. The summed E-state index contributed by atoms with van der Waals surface area (Å²) in [5.74, 6) is 0.631. The SMILES string of the molecule is COCc1ncc2n1C(=O)N(C1CCN(C(=O)OCc3ccccc3)CC1)C2. The fourth-order valence-corrected chi connectivity index (χ4v) is 3.83. The van der Waals surface area contributed by atoms with E-state index in [0.717, 1.165) is 24.1 Å². The lowest BCUT2D eigenvalue weighted by Gasteiger charge is -2.35. The molecule has 8 nitrogen and oxygen atoms in total. The Bertz CT molecular complexity index is 843. The van der Waals surface area contributed by atoms with Crippen LogP contribution in [0.4, 0.5) is 9.59 Å². The molecular formula is C20H24N4O4. The van der Waals surface area contributed by atoms with Gasteiger partial charge in [0.25, 0.3) is 0 Å². The highest BCUT2D eigenvalue weighted by atomic mass is 16.6. The molecule has 0 aliphatic carbocycles. The van der Waals surface area contributed by atoms with Crippen LogP contribution in [0, 0.1) is 0 Å². The Labute approximate surface area is 163 Å². The van der Waals surface area contributed by atoms with E-state index in [-0.39, 0.29) is 24.8 Å². The first kappa shape index (κ1) is 18.5. The average Bonchev–Trinajstić information content (AvgIpc) is 3.28. The molecule has 0 unspecified atom stereocenters. The number of carbonyl (C=O) groups is 2. The van der Waals surface area contributed by atoms with E-state index in [1.165, 1.54) is 0 Å². The zero-order valence-electron chi connectivity index (χ0n) is 15.9. The highest BCUT2D eigenvalue weighted by Gasteiger charge is 2.37. The number of nitrogens with zero attached hydrogens (tertiary/aromatic N) is 4. The number of likely N-dealkylation sites (tertiary alicyclic amines) is 1. The van der Waals surface area contributed by atoms with Crippen molar-refractivity contribution in [3.05, 3.63) is 53.6 Å². The number of fused-ring (bicyclic) bond motifs is 1. The third kappa shape index (κ3) is 3.60. The molecule has 2 aromatic rings.